The summed E-state index contributed by atoms with van der Waals surface area (Å²) in [6.45, 7) is 4.37. The average Bonchev–Trinajstić information content (AvgIpc) is 2.21. The van der Waals surface area contributed by atoms with Crippen LogP contribution in [0.2, 0.25) is 0 Å². The maximum Gasteiger partial charge on any atom is 0.303 e. The van der Waals surface area contributed by atoms with Gasteiger partial charge in [-0.3, -0.25) is 9.59 Å². The van der Waals surface area contributed by atoms with E-state index in [9.17, 15) is 9.59 Å². The molecule has 5 heteroatoms. The van der Waals surface area contributed by atoms with Crippen molar-refractivity contribution in [3.8, 4) is 0 Å². The number of carbonyl (C=O) groups excluding carboxylic acids is 1. The molecule has 0 bridgehead atoms. The second kappa shape index (κ2) is 7.23. The number of aliphatic carboxylic acids is 1. The van der Waals surface area contributed by atoms with Gasteiger partial charge in [0.25, 0.3) is 0 Å². The number of carboxylic acid groups (broad SMARTS) is 1. The number of hydrogen-bond acceptors (Lipinski definition) is 3. The predicted molar refractivity (Wildman–Crippen MR) is 57.3 cm³/mol. The summed E-state index contributed by atoms with van der Waals surface area (Å²) in [6, 6.07) is 0. The molecule has 0 aliphatic rings. The molecular formula is C10H20N2O3. The standard InChI is InChI=1S/C10H20N2O3/c1-3-8(4-9(13)14)6-12-10(15)7(2)5-11/h7-8H,3-6,11H2,1-2H3,(H,12,15)(H,13,14). The molecule has 0 rings (SSSR count). The van der Waals surface area contributed by atoms with Gasteiger partial charge in [-0.25, -0.2) is 0 Å². The molecule has 0 radical (unpaired) electrons. The molecule has 15 heavy (non-hydrogen) atoms. The summed E-state index contributed by atoms with van der Waals surface area (Å²) in [7, 11) is 0. The summed E-state index contributed by atoms with van der Waals surface area (Å²) in [4.78, 5) is 21.8. The van der Waals surface area contributed by atoms with Crippen LogP contribution in [0.3, 0.4) is 0 Å². The highest BCUT2D eigenvalue weighted by molar-refractivity contribution is 5.78. The van der Waals surface area contributed by atoms with Crippen molar-refractivity contribution in [3.63, 3.8) is 0 Å². The molecule has 0 aromatic heterocycles. The Bertz CT molecular complexity index is 219. The third kappa shape index (κ3) is 6.06. The molecule has 2 unspecified atom stereocenters. The maximum absolute atomic E-state index is 11.3. The van der Waals surface area contributed by atoms with Crippen LogP contribution < -0.4 is 11.1 Å². The van der Waals surface area contributed by atoms with E-state index in [4.69, 9.17) is 10.8 Å². The van der Waals surface area contributed by atoms with Crippen LogP contribution in [0.25, 0.3) is 0 Å². The fraction of sp³-hybridized carbons (Fsp3) is 0.800. The Morgan fingerprint density at radius 3 is 2.47 bits per heavy atom. The van der Waals surface area contributed by atoms with Gasteiger partial charge in [0.05, 0.1) is 0 Å². The van der Waals surface area contributed by atoms with Crippen molar-refractivity contribution in [2.45, 2.75) is 26.7 Å². The molecule has 0 aliphatic heterocycles. The first-order chi connectivity index (χ1) is 7.01. The van der Waals surface area contributed by atoms with Crippen LogP contribution in [0.1, 0.15) is 26.7 Å². The molecular weight excluding hydrogens is 196 g/mol. The van der Waals surface area contributed by atoms with Gasteiger partial charge in [0, 0.05) is 25.4 Å². The van der Waals surface area contributed by atoms with Crippen molar-refractivity contribution in [1.82, 2.24) is 5.32 Å². The van der Waals surface area contributed by atoms with Crippen LogP contribution in [0.5, 0.6) is 0 Å². The lowest BCUT2D eigenvalue weighted by molar-refractivity contribution is -0.138. The number of nitrogens with two attached hydrogens (primary N) is 1. The van der Waals surface area contributed by atoms with Gasteiger partial charge in [-0.1, -0.05) is 20.3 Å². The van der Waals surface area contributed by atoms with Crippen molar-refractivity contribution >= 4 is 11.9 Å². The minimum Gasteiger partial charge on any atom is -0.481 e. The smallest absolute Gasteiger partial charge is 0.303 e. The van der Waals surface area contributed by atoms with Crippen LogP contribution in [-0.2, 0) is 9.59 Å². The van der Waals surface area contributed by atoms with E-state index < -0.39 is 5.97 Å². The minimum atomic E-state index is -0.831. The monoisotopic (exact) mass is 216 g/mol. The Morgan fingerprint density at radius 2 is 2.07 bits per heavy atom. The molecule has 2 atom stereocenters. The largest absolute Gasteiger partial charge is 0.481 e. The fourth-order valence-corrected chi connectivity index (χ4v) is 1.13. The molecule has 1 amide bonds. The van der Waals surface area contributed by atoms with Crippen LogP contribution in [0.15, 0.2) is 0 Å². The SMILES string of the molecule is CCC(CNC(=O)C(C)CN)CC(=O)O. The first-order valence-corrected chi connectivity index (χ1v) is 5.20. The normalized spacial score (nSPS) is 14.3. The predicted octanol–water partition coefficient (Wildman–Crippen LogP) is 0.198. The second-order valence-electron chi connectivity index (χ2n) is 3.75. The fourth-order valence-electron chi connectivity index (χ4n) is 1.13. The number of rotatable bonds is 7. The summed E-state index contributed by atoms with van der Waals surface area (Å²) in [5.74, 6) is -1.16. The highest BCUT2D eigenvalue weighted by Gasteiger charge is 2.15. The first kappa shape index (κ1) is 13.9. The number of carbonyl (C=O) groups is 2. The third-order valence-electron chi connectivity index (χ3n) is 2.41. The highest BCUT2D eigenvalue weighted by atomic mass is 16.4. The second-order valence-corrected chi connectivity index (χ2v) is 3.75. The molecule has 0 aromatic carbocycles. The Labute approximate surface area is 90.0 Å². The van der Waals surface area contributed by atoms with Crippen molar-refractivity contribution < 1.29 is 14.7 Å². The first-order valence-electron chi connectivity index (χ1n) is 5.20. The molecule has 0 fully saturated rings. The minimum absolute atomic E-state index is 0.00331. The van der Waals surface area contributed by atoms with E-state index in [0.29, 0.717) is 13.1 Å². The number of carboxylic acids is 1. The lowest BCUT2D eigenvalue weighted by atomic mass is 10.0. The van der Waals surface area contributed by atoms with Gasteiger partial charge in [0.15, 0.2) is 0 Å². The zero-order valence-electron chi connectivity index (χ0n) is 9.32. The Balaban J connectivity index is 3.89. The van der Waals surface area contributed by atoms with Gasteiger partial charge in [-0.15, -0.1) is 0 Å². The Morgan fingerprint density at radius 1 is 1.47 bits per heavy atom. The molecule has 0 aromatic rings. The van der Waals surface area contributed by atoms with Crippen LogP contribution >= 0.6 is 0 Å². The van der Waals surface area contributed by atoms with Crippen molar-refractivity contribution in [1.29, 1.82) is 0 Å². The lowest BCUT2D eigenvalue weighted by Crippen LogP contribution is -2.36. The average molecular weight is 216 g/mol. The van der Waals surface area contributed by atoms with Crippen LogP contribution in [-0.4, -0.2) is 30.1 Å². The summed E-state index contributed by atoms with van der Waals surface area (Å²) in [5, 5.41) is 11.3. The van der Waals surface area contributed by atoms with Gasteiger partial charge in [-0.05, 0) is 5.92 Å². The molecule has 0 spiro atoms. The van der Waals surface area contributed by atoms with Crippen LogP contribution in [0, 0.1) is 11.8 Å². The van der Waals surface area contributed by atoms with Gasteiger partial charge in [-0.2, -0.15) is 0 Å². The van der Waals surface area contributed by atoms with Gasteiger partial charge in [0.2, 0.25) is 5.91 Å². The topological polar surface area (TPSA) is 92.4 Å². The zero-order chi connectivity index (χ0) is 11.8. The third-order valence-corrected chi connectivity index (χ3v) is 2.41. The number of hydrogen-bond donors (Lipinski definition) is 3. The van der Waals surface area contributed by atoms with E-state index in [1.807, 2.05) is 6.92 Å². The molecule has 0 aliphatic carbocycles. The molecule has 4 N–H and O–H groups in total. The number of nitrogens with one attached hydrogen (secondary N) is 1. The van der Waals surface area contributed by atoms with E-state index in [0.717, 1.165) is 6.42 Å². The van der Waals surface area contributed by atoms with Crippen molar-refractivity contribution in [3.05, 3.63) is 0 Å². The van der Waals surface area contributed by atoms with E-state index in [-0.39, 0.29) is 24.2 Å². The summed E-state index contributed by atoms with van der Waals surface area (Å²) in [6.07, 6.45) is 0.831. The van der Waals surface area contributed by atoms with E-state index in [1.54, 1.807) is 6.92 Å². The molecule has 0 heterocycles. The molecule has 0 saturated carbocycles. The van der Waals surface area contributed by atoms with E-state index >= 15 is 0 Å². The Hall–Kier alpha value is -1.10. The zero-order valence-corrected chi connectivity index (χ0v) is 9.32. The van der Waals surface area contributed by atoms with Crippen molar-refractivity contribution in [2.75, 3.05) is 13.1 Å². The molecule has 5 nitrogen and oxygen atoms in total. The van der Waals surface area contributed by atoms with Gasteiger partial charge in [0.1, 0.15) is 0 Å². The summed E-state index contributed by atoms with van der Waals surface area (Å²) in [5.41, 5.74) is 5.34. The highest BCUT2D eigenvalue weighted by Crippen LogP contribution is 2.06. The van der Waals surface area contributed by atoms with Crippen molar-refractivity contribution in [2.24, 2.45) is 17.6 Å². The quantitative estimate of drug-likeness (QED) is 0.566. The summed E-state index contributed by atoms with van der Waals surface area (Å²) < 4.78 is 0. The maximum atomic E-state index is 11.3. The van der Waals surface area contributed by atoms with E-state index in [1.165, 1.54) is 0 Å². The molecule has 88 valence electrons. The Kier molecular flexibility index (Phi) is 6.70. The lowest BCUT2D eigenvalue weighted by Gasteiger charge is -2.15. The molecule has 0 saturated heterocycles. The van der Waals surface area contributed by atoms with Gasteiger partial charge < -0.3 is 16.2 Å². The number of amides is 1. The van der Waals surface area contributed by atoms with E-state index in [2.05, 4.69) is 5.32 Å². The van der Waals surface area contributed by atoms with Crippen LogP contribution in [0.4, 0.5) is 0 Å². The van der Waals surface area contributed by atoms with Gasteiger partial charge >= 0.3 is 5.97 Å². The summed E-state index contributed by atoms with van der Waals surface area (Å²) >= 11 is 0.